The van der Waals surface area contributed by atoms with Gasteiger partial charge in [-0.2, -0.15) is 0 Å². The molecular weight excluding hydrogens is 258 g/mol. The Morgan fingerprint density at radius 3 is 2.33 bits per heavy atom. The van der Waals surface area contributed by atoms with E-state index >= 15 is 0 Å². The maximum atomic E-state index is 6.04. The highest BCUT2D eigenvalue weighted by atomic mass is 14.9. The third-order valence-electron chi connectivity index (χ3n) is 3.74. The molecule has 2 N–H and O–H groups in total. The Balaban J connectivity index is 2.30. The summed E-state index contributed by atoms with van der Waals surface area (Å²) >= 11 is 0. The molecular formula is C18H25N3. The van der Waals surface area contributed by atoms with Crippen LogP contribution in [0.1, 0.15) is 50.1 Å². The second-order valence-corrected chi connectivity index (χ2v) is 5.97. The van der Waals surface area contributed by atoms with Gasteiger partial charge in [0.2, 0.25) is 0 Å². The summed E-state index contributed by atoms with van der Waals surface area (Å²) in [5.41, 5.74) is 10.5. The number of benzene rings is 1. The van der Waals surface area contributed by atoms with Crippen molar-refractivity contribution in [1.29, 1.82) is 0 Å². The Kier molecular flexibility index (Phi) is 5.07. The van der Waals surface area contributed by atoms with Gasteiger partial charge >= 0.3 is 0 Å². The quantitative estimate of drug-likeness (QED) is 0.906. The largest absolute Gasteiger partial charge is 0.327 e. The van der Waals surface area contributed by atoms with Crippen molar-refractivity contribution >= 4 is 0 Å². The second kappa shape index (κ2) is 6.81. The molecule has 0 saturated heterocycles. The van der Waals surface area contributed by atoms with Crippen molar-refractivity contribution in [3.05, 3.63) is 47.3 Å². The van der Waals surface area contributed by atoms with E-state index in [1.165, 1.54) is 5.56 Å². The Bertz CT molecular complexity index is 588. The molecule has 3 nitrogen and oxygen atoms in total. The van der Waals surface area contributed by atoms with Gasteiger partial charge in [0.05, 0.1) is 0 Å². The van der Waals surface area contributed by atoms with Crippen molar-refractivity contribution in [2.75, 3.05) is 0 Å². The SMILES string of the molecule is CCC(N)Cc1cc(C)nc(-c2ccc(C(C)C)cc2)n1. The van der Waals surface area contributed by atoms with Crippen LogP contribution in [0.15, 0.2) is 30.3 Å². The summed E-state index contributed by atoms with van der Waals surface area (Å²) in [6.07, 6.45) is 1.76. The van der Waals surface area contributed by atoms with E-state index in [2.05, 4.69) is 55.0 Å². The van der Waals surface area contributed by atoms with E-state index in [1.807, 2.05) is 13.0 Å². The van der Waals surface area contributed by atoms with Crippen LogP contribution >= 0.6 is 0 Å². The van der Waals surface area contributed by atoms with Gasteiger partial charge in [-0.3, -0.25) is 0 Å². The van der Waals surface area contributed by atoms with Crippen molar-refractivity contribution in [1.82, 2.24) is 9.97 Å². The van der Waals surface area contributed by atoms with Gasteiger partial charge in [-0.1, -0.05) is 45.0 Å². The molecule has 0 saturated carbocycles. The first-order valence-corrected chi connectivity index (χ1v) is 7.70. The van der Waals surface area contributed by atoms with Crippen molar-refractivity contribution in [2.45, 2.75) is 52.5 Å². The Morgan fingerprint density at radius 2 is 1.76 bits per heavy atom. The van der Waals surface area contributed by atoms with Crippen LogP contribution in [0.4, 0.5) is 0 Å². The smallest absolute Gasteiger partial charge is 0.159 e. The first-order chi connectivity index (χ1) is 9.99. The lowest BCUT2D eigenvalue weighted by atomic mass is 10.0. The highest BCUT2D eigenvalue weighted by molar-refractivity contribution is 5.56. The highest BCUT2D eigenvalue weighted by Gasteiger charge is 2.08. The van der Waals surface area contributed by atoms with E-state index < -0.39 is 0 Å². The lowest BCUT2D eigenvalue weighted by Crippen LogP contribution is -2.22. The van der Waals surface area contributed by atoms with Crippen LogP contribution in [0.2, 0.25) is 0 Å². The number of nitrogens with zero attached hydrogens (tertiary/aromatic N) is 2. The van der Waals surface area contributed by atoms with Crippen molar-refractivity contribution in [2.24, 2.45) is 5.73 Å². The van der Waals surface area contributed by atoms with Gasteiger partial charge in [0.15, 0.2) is 5.82 Å². The topological polar surface area (TPSA) is 51.8 Å². The highest BCUT2D eigenvalue weighted by Crippen LogP contribution is 2.21. The van der Waals surface area contributed by atoms with Gasteiger partial charge in [0, 0.05) is 29.4 Å². The lowest BCUT2D eigenvalue weighted by molar-refractivity contribution is 0.635. The van der Waals surface area contributed by atoms with E-state index in [0.29, 0.717) is 5.92 Å². The molecule has 1 atom stereocenters. The molecule has 2 rings (SSSR count). The average molecular weight is 283 g/mol. The van der Waals surface area contributed by atoms with E-state index in [0.717, 1.165) is 35.6 Å². The van der Waals surface area contributed by atoms with Crippen LogP contribution in [-0.2, 0) is 6.42 Å². The number of aromatic nitrogens is 2. The molecule has 1 aromatic heterocycles. The summed E-state index contributed by atoms with van der Waals surface area (Å²) < 4.78 is 0. The average Bonchev–Trinajstić information content (AvgIpc) is 2.46. The number of rotatable bonds is 5. The van der Waals surface area contributed by atoms with Crippen LogP contribution in [0.5, 0.6) is 0 Å². The van der Waals surface area contributed by atoms with Gasteiger partial charge < -0.3 is 5.73 Å². The molecule has 112 valence electrons. The number of aryl methyl sites for hydroxylation is 1. The molecule has 0 bridgehead atoms. The van der Waals surface area contributed by atoms with Crippen LogP contribution in [0.25, 0.3) is 11.4 Å². The maximum absolute atomic E-state index is 6.04. The summed E-state index contributed by atoms with van der Waals surface area (Å²) in [4.78, 5) is 9.23. The van der Waals surface area contributed by atoms with Gasteiger partial charge in [-0.25, -0.2) is 9.97 Å². The Morgan fingerprint density at radius 1 is 1.10 bits per heavy atom. The first-order valence-electron chi connectivity index (χ1n) is 7.70. The molecule has 1 heterocycles. The van der Waals surface area contributed by atoms with Crippen molar-refractivity contribution in [3.8, 4) is 11.4 Å². The zero-order valence-corrected chi connectivity index (χ0v) is 13.4. The fraction of sp³-hybridized carbons (Fsp3) is 0.444. The number of hydrogen-bond acceptors (Lipinski definition) is 3. The summed E-state index contributed by atoms with van der Waals surface area (Å²) in [6, 6.07) is 10.7. The molecule has 0 spiro atoms. The van der Waals surface area contributed by atoms with Gasteiger partial charge in [0.25, 0.3) is 0 Å². The standard InChI is InChI=1S/C18H25N3/c1-5-16(19)11-17-10-13(4)20-18(21-17)15-8-6-14(7-9-15)12(2)3/h6-10,12,16H,5,11,19H2,1-4H3. The summed E-state index contributed by atoms with van der Waals surface area (Å²) in [6.45, 7) is 8.50. The molecule has 0 aliphatic carbocycles. The van der Waals surface area contributed by atoms with Crippen LogP contribution in [-0.4, -0.2) is 16.0 Å². The fourth-order valence-electron chi connectivity index (χ4n) is 2.30. The third kappa shape index (κ3) is 4.11. The molecule has 3 heteroatoms. The van der Waals surface area contributed by atoms with E-state index in [-0.39, 0.29) is 6.04 Å². The van der Waals surface area contributed by atoms with Crippen LogP contribution in [0.3, 0.4) is 0 Å². The summed E-state index contributed by atoms with van der Waals surface area (Å²) in [5.74, 6) is 1.33. The van der Waals surface area contributed by atoms with Gasteiger partial charge in [-0.15, -0.1) is 0 Å². The minimum absolute atomic E-state index is 0.162. The molecule has 1 aromatic carbocycles. The fourth-order valence-corrected chi connectivity index (χ4v) is 2.30. The van der Waals surface area contributed by atoms with Crippen molar-refractivity contribution < 1.29 is 0 Å². The molecule has 1 unspecified atom stereocenters. The zero-order chi connectivity index (χ0) is 15.4. The number of hydrogen-bond donors (Lipinski definition) is 1. The maximum Gasteiger partial charge on any atom is 0.159 e. The zero-order valence-electron chi connectivity index (χ0n) is 13.4. The molecule has 0 aliphatic heterocycles. The summed E-state index contributed by atoms with van der Waals surface area (Å²) in [5, 5.41) is 0. The molecule has 2 aromatic rings. The first kappa shape index (κ1) is 15.6. The normalized spacial score (nSPS) is 12.7. The second-order valence-electron chi connectivity index (χ2n) is 5.97. The summed E-state index contributed by atoms with van der Waals surface area (Å²) in [7, 11) is 0. The Labute approximate surface area is 127 Å². The third-order valence-corrected chi connectivity index (χ3v) is 3.74. The van der Waals surface area contributed by atoms with E-state index in [4.69, 9.17) is 5.73 Å². The molecule has 21 heavy (non-hydrogen) atoms. The van der Waals surface area contributed by atoms with Crippen LogP contribution < -0.4 is 5.73 Å². The molecule has 0 fully saturated rings. The Hall–Kier alpha value is -1.74. The van der Waals surface area contributed by atoms with Gasteiger partial charge in [0.1, 0.15) is 0 Å². The number of nitrogens with two attached hydrogens (primary N) is 1. The van der Waals surface area contributed by atoms with Crippen LogP contribution in [0, 0.1) is 6.92 Å². The molecule has 0 aliphatic rings. The predicted molar refractivity (Wildman–Crippen MR) is 88.3 cm³/mol. The minimum Gasteiger partial charge on any atom is -0.327 e. The predicted octanol–water partition coefficient (Wildman–Crippen LogP) is 3.86. The van der Waals surface area contributed by atoms with E-state index in [9.17, 15) is 0 Å². The monoisotopic (exact) mass is 283 g/mol. The molecule has 0 amide bonds. The van der Waals surface area contributed by atoms with Gasteiger partial charge in [-0.05, 0) is 30.9 Å². The van der Waals surface area contributed by atoms with Crippen molar-refractivity contribution in [3.63, 3.8) is 0 Å². The molecule has 0 radical (unpaired) electrons. The minimum atomic E-state index is 0.162. The van der Waals surface area contributed by atoms with E-state index in [1.54, 1.807) is 0 Å². The lowest BCUT2D eigenvalue weighted by Gasteiger charge is -2.11.